The van der Waals surface area contributed by atoms with Crippen molar-refractivity contribution in [1.82, 2.24) is 5.32 Å². The van der Waals surface area contributed by atoms with Crippen LogP contribution in [0.4, 0.5) is 4.39 Å². The number of para-hydroxylation sites is 1. The van der Waals surface area contributed by atoms with Gasteiger partial charge in [0, 0.05) is 18.5 Å². The largest absolute Gasteiger partial charge is 0.448 e. The summed E-state index contributed by atoms with van der Waals surface area (Å²) in [4.78, 5) is 11.9. The first kappa shape index (κ1) is 15.5. The summed E-state index contributed by atoms with van der Waals surface area (Å²) >= 11 is 0. The number of halogens is 1. The molecule has 0 aliphatic carbocycles. The number of rotatable bonds is 6. The fraction of sp³-hybridized carbons (Fsp3) is 0.438. The first-order valence-electron chi connectivity index (χ1n) is 7.00. The Labute approximate surface area is 122 Å². The fourth-order valence-electron chi connectivity index (χ4n) is 2.07. The predicted octanol–water partition coefficient (Wildman–Crippen LogP) is 3.10. The van der Waals surface area contributed by atoms with Gasteiger partial charge in [0.1, 0.15) is 0 Å². The van der Waals surface area contributed by atoms with Crippen molar-refractivity contribution >= 4 is 16.9 Å². The summed E-state index contributed by atoms with van der Waals surface area (Å²) in [6, 6.07) is 6.10. The van der Waals surface area contributed by atoms with E-state index in [0.717, 1.165) is 12.8 Å². The normalized spacial score (nSPS) is 11.8. The lowest BCUT2D eigenvalue weighted by Gasteiger charge is -2.21. The van der Waals surface area contributed by atoms with Gasteiger partial charge in [-0.2, -0.15) is 0 Å². The van der Waals surface area contributed by atoms with Crippen molar-refractivity contribution in [2.45, 2.75) is 26.7 Å². The second-order valence-electron chi connectivity index (χ2n) is 5.95. The zero-order chi connectivity index (χ0) is 15.5. The summed E-state index contributed by atoms with van der Waals surface area (Å²) in [6.07, 6.45) is 1.56. The number of aliphatic hydroxyl groups is 1. The Hall–Kier alpha value is -1.88. The zero-order valence-electron chi connectivity index (χ0n) is 12.3. The van der Waals surface area contributed by atoms with Crippen LogP contribution in [0.5, 0.6) is 0 Å². The van der Waals surface area contributed by atoms with E-state index in [9.17, 15) is 9.18 Å². The maximum absolute atomic E-state index is 13.5. The molecule has 1 aromatic heterocycles. The van der Waals surface area contributed by atoms with Crippen molar-refractivity contribution < 1.29 is 18.7 Å². The SMILES string of the molecule is CC(C)(CO)CCCNC(=O)c1cc2cccc(F)c2o1. The van der Waals surface area contributed by atoms with Crippen LogP contribution >= 0.6 is 0 Å². The lowest BCUT2D eigenvalue weighted by Crippen LogP contribution is -2.26. The number of benzene rings is 1. The van der Waals surface area contributed by atoms with E-state index in [4.69, 9.17) is 9.52 Å². The van der Waals surface area contributed by atoms with Gasteiger partial charge >= 0.3 is 0 Å². The van der Waals surface area contributed by atoms with Crippen molar-refractivity contribution in [2.24, 2.45) is 5.41 Å². The number of hydrogen-bond acceptors (Lipinski definition) is 3. The first-order chi connectivity index (χ1) is 9.93. The van der Waals surface area contributed by atoms with Crippen LogP contribution < -0.4 is 5.32 Å². The van der Waals surface area contributed by atoms with Crippen LogP contribution in [0.1, 0.15) is 37.2 Å². The van der Waals surface area contributed by atoms with Crippen molar-refractivity contribution in [2.75, 3.05) is 13.2 Å². The highest BCUT2D eigenvalue weighted by Crippen LogP contribution is 2.22. The van der Waals surface area contributed by atoms with Gasteiger partial charge in [0.05, 0.1) is 0 Å². The van der Waals surface area contributed by atoms with Crippen LogP contribution in [-0.2, 0) is 0 Å². The lowest BCUT2D eigenvalue weighted by molar-refractivity contribution is 0.0923. The van der Waals surface area contributed by atoms with Gasteiger partial charge in [0.2, 0.25) is 0 Å². The quantitative estimate of drug-likeness (QED) is 0.804. The average molecular weight is 293 g/mol. The third-order valence-corrected chi connectivity index (χ3v) is 3.46. The third-order valence-electron chi connectivity index (χ3n) is 3.46. The van der Waals surface area contributed by atoms with Crippen molar-refractivity contribution in [3.63, 3.8) is 0 Å². The highest BCUT2D eigenvalue weighted by Gasteiger charge is 2.17. The van der Waals surface area contributed by atoms with Crippen molar-refractivity contribution in [3.8, 4) is 0 Å². The van der Waals surface area contributed by atoms with E-state index < -0.39 is 5.82 Å². The smallest absolute Gasteiger partial charge is 0.287 e. The number of furan rings is 1. The molecule has 5 heteroatoms. The topological polar surface area (TPSA) is 62.5 Å². The van der Waals surface area contributed by atoms with E-state index in [-0.39, 0.29) is 29.3 Å². The standard InChI is InChI=1S/C16H20FNO3/c1-16(2,10-19)7-4-8-18-15(20)13-9-11-5-3-6-12(17)14(11)21-13/h3,5-6,9,19H,4,7-8,10H2,1-2H3,(H,18,20). The molecular formula is C16H20FNO3. The molecule has 1 heterocycles. The van der Waals surface area contributed by atoms with Gasteiger partial charge in [-0.1, -0.05) is 26.0 Å². The van der Waals surface area contributed by atoms with Gasteiger partial charge in [-0.05, 0) is 30.4 Å². The van der Waals surface area contributed by atoms with Gasteiger partial charge in [-0.25, -0.2) is 4.39 Å². The minimum absolute atomic E-state index is 0.101. The fourth-order valence-corrected chi connectivity index (χ4v) is 2.07. The highest BCUT2D eigenvalue weighted by atomic mass is 19.1. The third kappa shape index (κ3) is 3.82. The summed E-state index contributed by atoms with van der Waals surface area (Å²) in [5, 5.41) is 12.5. The van der Waals surface area contributed by atoms with E-state index in [0.29, 0.717) is 11.9 Å². The summed E-state index contributed by atoms with van der Waals surface area (Å²) in [6.45, 7) is 4.54. The summed E-state index contributed by atoms with van der Waals surface area (Å²) in [5.41, 5.74) is -0.0446. The molecule has 0 bridgehead atoms. The molecule has 0 radical (unpaired) electrons. The monoisotopic (exact) mass is 293 g/mol. The van der Waals surface area contributed by atoms with Gasteiger partial charge in [-0.3, -0.25) is 4.79 Å². The Bertz CT molecular complexity index is 633. The number of carbonyl (C=O) groups excluding carboxylic acids is 1. The molecule has 0 aliphatic heterocycles. The molecular weight excluding hydrogens is 273 g/mol. The van der Waals surface area contributed by atoms with Crippen LogP contribution in [0, 0.1) is 11.2 Å². The van der Waals surface area contributed by atoms with Crippen molar-refractivity contribution in [3.05, 3.63) is 35.8 Å². The number of fused-ring (bicyclic) bond motifs is 1. The Kier molecular flexibility index (Phi) is 4.63. The molecule has 0 saturated heterocycles. The molecule has 0 aliphatic rings. The Morgan fingerprint density at radius 3 is 2.86 bits per heavy atom. The molecule has 2 rings (SSSR count). The molecule has 1 amide bonds. The number of nitrogens with one attached hydrogen (secondary N) is 1. The van der Waals surface area contributed by atoms with E-state index in [1.54, 1.807) is 12.1 Å². The van der Waals surface area contributed by atoms with Crippen LogP contribution in [0.25, 0.3) is 11.0 Å². The maximum atomic E-state index is 13.5. The molecule has 2 aromatic rings. The Morgan fingerprint density at radius 2 is 2.19 bits per heavy atom. The highest BCUT2D eigenvalue weighted by molar-refractivity contribution is 5.96. The lowest BCUT2D eigenvalue weighted by atomic mass is 9.89. The number of amides is 1. The van der Waals surface area contributed by atoms with Crippen LogP contribution in [0.3, 0.4) is 0 Å². The van der Waals surface area contributed by atoms with Crippen LogP contribution in [0.15, 0.2) is 28.7 Å². The maximum Gasteiger partial charge on any atom is 0.287 e. The van der Waals surface area contributed by atoms with E-state index in [2.05, 4.69) is 5.32 Å². The Balaban J connectivity index is 1.92. The molecule has 0 atom stereocenters. The number of aliphatic hydroxyl groups excluding tert-OH is 1. The summed E-state index contributed by atoms with van der Waals surface area (Å²) < 4.78 is 18.7. The molecule has 0 saturated carbocycles. The number of hydrogen-bond donors (Lipinski definition) is 2. The van der Waals surface area contributed by atoms with E-state index in [1.165, 1.54) is 12.1 Å². The van der Waals surface area contributed by atoms with E-state index in [1.807, 2.05) is 13.8 Å². The molecule has 1 aromatic carbocycles. The van der Waals surface area contributed by atoms with Crippen LogP contribution in [-0.4, -0.2) is 24.2 Å². The minimum Gasteiger partial charge on any atom is -0.448 e. The van der Waals surface area contributed by atoms with Crippen molar-refractivity contribution in [1.29, 1.82) is 0 Å². The average Bonchev–Trinajstić information content (AvgIpc) is 2.89. The molecule has 0 spiro atoms. The predicted molar refractivity (Wildman–Crippen MR) is 78.6 cm³/mol. The molecule has 114 valence electrons. The summed E-state index contributed by atoms with van der Waals surface area (Å²) in [7, 11) is 0. The van der Waals surface area contributed by atoms with Crippen LogP contribution in [0.2, 0.25) is 0 Å². The minimum atomic E-state index is -0.476. The number of carbonyl (C=O) groups is 1. The van der Waals surface area contributed by atoms with Gasteiger partial charge < -0.3 is 14.8 Å². The Morgan fingerprint density at radius 1 is 1.43 bits per heavy atom. The zero-order valence-corrected chi connectivity index (χ0v) is 12.3. The van der Waals surface area contributed by atoms with E-state index >= 15 is 0 Å². The summed E-state index contributed by atoms with van der Waals surface area (Å²) in [5.74, 6) is -0.722. The first-order valence-corrected chi connectivity index (χ1v) is 7.00. The molecule has 2 N–H and O–H groups in total. The van der Waals surface area contributed by atoms with Gasteiger partial charge in [-0.15, -0.1) is 0 Å². The molecule has 21 heavy (non-hydrogen) atoms. The van der Waals surface area contributed by atoms with Gasteiger partial charge in [0.25, 0.3) is 5.91 Å². The second kappa shape index (κ2) is 6.26. The molecule has 0 fully saturated rings. The second-order valence-corrected chi connectivity index (χ2v) is 5.95. The molecule has 4 nitrogen and oxygen atoms in total. The van der Waals surface area contributed by atoms with Gasteiger partial charge in [0.15, 0.2) is 17.2 Å². The molecule has 0 unspecified atom stereocenters.